The van der Waals surface area contributed by atoms with Crippen LogP contribution in [-0.4, -0.2) is 0 Å². The van der Waals surface area contributed by atoms with E-state index in [0.29, 0.717) is 5.56 Å². The molecular formula is C10H11ClF3N. The van der Waals surface area contributed by atoms with Crippen molar-refractivity contribution in [2.45, 2.75) is 25.6 Å². The Morgan fingerprint density at radius 2 is 1.73 bits per heavy atom. The molecule has 15 heavy (non-hydrogen) atoms. The summed E-state index contributed by atoms with van der Waals surface area (Å²) in [4.78, 5) is 0. The van der Waals surface area contributed by atoms with Crippen molar-refractivity contribution in [1.29, 1.82) is 0 Å². The molecule has 0 saturated carbocycles. The summed E-state index contributed by atoms with van der Waals surface area (Å²) in [5.74, 6) is 0. The summed E-state index contributed by atoms with van der Waals surface area (Å²) < 4.78 is 37.2. The minimum absolute atomic E-state index is 0.246. The summed E-state index contributed by atoms with van der Waals surface area (Å²) >= 11 is 5.78. The van der Waals surface area contributed by atoms with Crippen LogP contribution in [0.25, 0.3) is 0 Å². The SMILES string of the molecule is CC(C)(N)c1cc(C(F)(F)F)ccc1Cl. The third kappa shape index (κ3) is 2.86. The van der Waals surface area contributed by atoms with Crippen LogP contribution in [0.15, 0.2) is 18.2 Å². The molecule has 0 aliphatic rings. The Hall–Kier alpha value is -0.740. The standard InChI is InChI=1S/C10H11ClF3N/c1-9(2,15)7-5-6(10(12,13)14)3-4-8(7)11/h3-5H,15H2,1-2H3. The predicted octanol–water partition coefficient (Wildman–Crippen LogP) is 3.55. The molecule has 84 valence electrons. The van der Waals surface area contributed by atoms with E-state index in [0.717, 1.165) is 12.1 Å². The number of alkyl halides is 3. The van der Waals surface area contributed by atoms with Crippen molar-refractivity contribution < 1.29 is 13.2 Å². The van der Waals surface area contributed by atoms with Gasteiger partial charge in [-0.2, -0.15) is 13.2 Å². The Kier molecular flexibility index (Phi) is 3.03. The fourth-order valence-electron chi connectivity index (χ4n) is 1.20. The van der Waals surface area contributed by atoms with Gasteiger partial charge in [-0.3, -0.25) is 0 Å². The highest BCUT2D eigenvalue weighted by molar-refractivity contribution is 6.31. The highest BCUT2D eigenvalue weighted by Crippen LogP contribution is 2.34. The van der Waals surface area contributed by atoms with Gasteiger partial charge in [-0.1, -0.05) is 11.6 Å². The molecule has 0 unspecified atom stereocenters. The van der Waals surface area contributed by atoms with Gasteiger partial charge in [0.05, 0.1) is 5.56 Å². The topological polar surface area (TPSA) is 26.0 Å². The van der Waals surface area contributed by atoms with Crippen molar-refractivity contribution in [2.75, 3.05) is 0 Å². The number of hydrogen-bond donors (Lipinski definition) is 1. The number of rotatable bonds is 1. The van der Waals surface area contributed by atoms with Gasteiger partial charge in [0.25, 0.3) is 0 Å². The van der Waals surface area contributed by atoms with E-state index in [9.17, 15) is 13.2 Å². The minimum Gasteiger partial charge on any atom is -0.322 e. The average Bonchev–Trinajstić information content (AvgIpc) is 2.00. The molecule has 1 aromatic rings. The van der Waals surface area contributed by atoms with Gasteiger partial charge >= 0.3 is 6.18 Å². The first-order valence-electron chi connectivity index (χ1n) is 4.28. The number of benzene rings is 1. The van der Waals surface area contributed by atoms with Crippen molar-refractivity contribution in [3.63, 3.8) is 0 Å². The maximum atomic E-state index is 12.4. The quantitative estimate of drug-likeness (QED) is 0.794. The first-order valence-corrected chi connectivity index (χ1v) is 4.66. The molecule has 0 radical (unpaired) electrons. The first-order chi connectivity index (χ1) is 6.62. The molecule has 1 rings (SSSR count). The van der Waals surface area contributed by atoms with Crippen LogP contribution in [-0.2, 0) is 11.7 Å². The molecular weight excluding hydrogens is 227 g/mol. The third-order valence-electron chi connectivity index (χ3n) is 1.99. The molecule has 0 bridgehead atoms. The van der Waals surface area contributed by atoms with Crippen LogP contribution in [0.1, 0.15) is 25.0 Å². The summed E-state index contributed by atoms with van der Waals surface area (Å²) in [6, 6.07) is 3.15. The van der Waals surface area contributed by atoms with Crippen LogP contribution < -0.4 is 5.73 Å². The van der Waals surface area contributed by atoms with Crippen molar-refractivity contribution in [2.24, 2.45) is 5.73 Å². The molecule has 0 amide bonds. The Morgan fingerprint density at radius 1 is 1.20 bits per heavy atom. The van der Waals surface area contributed by atoms with E-state index in [1.54, 1.807) is 13.8 Å². The lowest BCUT2D eigenvalue weighted by Gasteiger charge is -2.22. The van der Waals surface area contributed by atoms with Crippen LogP contribution in [0.5, 0.6) is 0 Å². The molecule has 0 aliphatic carbocycles. The first kappa shape index (κ1) is 12.3. The summed E-state index contributed by atoms with van der Waals surface area (Å²) in [5, 5.41) is 0.246. The van der Waals surface area contributed by atoms with E-state index in [4.69, 9.17) is 17.3 Å². The van der Waals surface area contributed by atoms with E-state index in [-0.39, 0.29) is 5.02 Å². The lowest BCUT2D eigenvalue weighted by molar-refractivity contribution is -0.137. The molecule has 0 atom stereocenters. The fourth-order valence-corrected chi connectivity index (χ4v) is 1.56. The zero-order valence-electron chi connectivity index (χ0n) is 8.32. The Bertz CT molecular complexity index is 366. The molecule has 1 aromatic carbocycles. The van der Waals surface area contributed by atoms with Crippen LogP contribution in [0.4, 0.5) is 13.2 Å². The summed E-state index contributed by atoms with van der Waals surface area (Å²) in [6.45, 7) is 3.21. The van der Waals surface area contributed by atoms with Gasteiger partial charge in [0, 0.05) is 10.6 Å². The second kappa shape index (κ2) is 3.68. The van der Waals surface area contributed by atoms with E-state index < -0.39 is 17.3 Å². The molecule has 0 saturated heterocycles. The molecule has 5 heteroatoms. The molecule has 2 N–H and O–H groups in total. The van der Waals surface area contributed by atoms with Crippen molar-refractivity contribution in [3.05, 3.63) is 34.3 Å². The summed E-state index contributed by atoms with van der Waals surface area (Å²) in [5.41, 5.74) is 4.38. The number of nitrogens with two attached hydrogens (primary N) is 1. The number of halogens is 4. The van der Waals surface area contributed by atoms with Crippen molar-refractivity contribution in [3.8, 4) is 0 Å². The van der Waals surface area contributed by atoms with Crippen molar-refractivity contribution in [1.82, 2.24) is 0 Å². The van der Waals surface area contributed by atoms with Gasteiger partial charge < -0.3 is 5.73 Å². The predicted molar refractivity (Wildman–Crippen MR) is 53.7 cm³/mol. The van der Waals surface area contributed by atoms with Gasteiger partial charge in [-0.05, 0) is 37.6 Å². The molecule has 0 fully saturated rings. The van der Waals surface area contributed by atoms with Gasteiger partial charge in [0.1, 0.15) is 0 Å². The Balaban J connectivity index is 3.30. The van der Waals surface area contributed by atoms with Crippen LogP contribution in [0.3, 0.4) is 0 Å². The molecule has 0 aliphatic heterocycles. The molecule has 1 nitrogen and oxygen atoms in total. The van der Waals surface area contributed by atoms with Gasteiger partial charge in [0.15, 0.2) is 0 Å². The molecule has 0 spiro atoms. The summed E-state index contributed by atoms with van der Waals surface area (Å²) in [6.07, 6.45) is -4.37. The Morgan fingerprint density at radius 3 is 2.13 bits per heavy atom. The highest BCUT2D eigenvalue weighted by Gasteiger charge is 2.32. The maximum absolute atomic E-state index is 12.4. The van der Waals surface area contributed by atoms with Crippen LogP contribution in [0, 0.1) is 0 Å². The largest absolute Gasteiger partial charge is 0.416 e. The third-order valence-corrected chi connectivity index (χ3v) is 2.32. The minimum atomic E-state index is -4.37. The lowest BCUT2D eigenvalue weighted by Crippen LogP contribution is -2.29. The van der Waals surface area contributed by atoms with Gasteiger partial charge in [-0.25, -0.2) is 0 Å². The van der Waals surface area contributed by atoms with Gasteiger partial charge in [0.2, 0.25) is 0 Å². The van der Waals surface area contributed by atoms with Crippen LogP contribution in [0.2, 0.25) is 5.02 Å². The highest BCUT2D eigenvalue weighted by atomic mass is 35.5. The normalized spacial score (nSPS) is 13.0. The van der Waals surface area contributed by atoms with Crippen molar-refractivity contribution >= 4 is 11.6 Å². The molecule has 0 aromatic heterocycles. The van der Waals surface area contributed by atoms with E-state index in [1.165, 1.54) is 6.07 Å². The van der Waals surface area contributed by atoms with E-state index in [2.05, 4.69) is 0 Å². The second-order valence-corrected chi connectivity index (χ2v) is 4.32. The fraction of sp³-hybridized carbons (Fsp3) is 0.400. The average molecular weight is 238 g/mol. The molecule has 0 heterocycles. The monoisotopic (exact) mass is 237 g/mol. The maximum Gasteiger partial charge on any atom is 0.416 e. The van der Waals surface area contributed by atoms with Gasteiger partial charge in [-0.15, -0.1) is 0 Å². The summed E-state index contributed by atoms with van der Waals surface area (Å²) in [7, 11) is 0. The number of hydrogen-bond acceptors (Lipinski definition) is 1. The van der Waals surface area contributed by atoms with E-state index >= 15 is 0 Å². The lowest BCUT2D eigenvalue weighted by atomic mass is 9.94. The smallest absolute Gasteiger partial charge is 0.322 e. The Labute approximate surface area is 91.0 Å². The zero-order valence-corrected chi connectivity index (χ0v) is 9.08. The van der Waals surface area contributed by atoms with E-state index in [1.807, 2.05) is 0 Å². The second-order valence-electron chi connectivity index (χ2n) is 3.91. The zero-order chi connectivity index (χ0) is 11.9. The van der Waals surface area contributed by atoms with Crippen LogP contribution >= 0.6 is 11.6 Å².